The standard InChI is InChI=1S/C13H20N2O7/c1-3-21-12(19)7-5(2)14-13(20)15-8(7)11-10(18)9(17)6(4-16)22-11/h6,8-11,16-18H,3-4H2,1-2H3,(H2,14,15,20)/t6-,8-,9-,10-,11+/m1/s1. The molecule has 22 heavy (non-hydrogen) atoms. The van der Waals surface area contributed by atoms with Crippen LogP contribution in [0.2, 0.25) is 0 Å². The van der Waals surface area contributed by atoms with Crippen molar-refractivity contribution in [2.45, 2.75) is 44.3 Å². The van der Waals surface area contributed by atoms with Crippen LogP contribution in [0.15, 0.2) is 11.3 Å². The summed E-state index contributed by atoms with van der Waals surface area (Å²) in [5.74, 6) is -0.657. The second-order valence-electron chi connectivity index (χ2n) is 5.14. The molecule has 5 N–H and O–H groups in total. The molecule has 1 fully saturated rings. The van der Waals surface area contributed by atoms with Crippen molar-refractivity contribution in [1.82, 2.24) is 10.6 Å². The first-order valence-corrected chi connectivity index (χ1v) is 6.98. The molecule has 2 aliphatic heterocycles. The Hall–Kier alpha value is -1.68. The first-order chi connectivity index (χ1) is 10.4. The van der Waals surface area contributed by atoms with E-state index < -0.39 is 49.1 Å². The zero-order chi connectivity index (χ0) is 16.4. The Morgan fingerprint density at radius 2 is 2.05 bits per heavy atom. The van der Waals surface area contributed by atoms with Gasteiger partial charge in [-0.3, -0.25) is 0 Å². The summed E-state index contributed by atoms with van der Waals surface area (Å²) in [5.41, 5.74) is 0.390. The van der Waals surface area contributed by atoms with Crippen LogP contribution in [0, 0.1) is 0 Å². The second-order valence-corrected chi connectivity index (χ2v) is 5.14. The predicted molar refractivity (Wildman–Crippen MR) is 72.5 cm³/mol. The minimum absolute atomic E-state index is 0.108. The Bertz CT molecular complexity index is 493. The van der Waals surface area contributed by atoms with Crippen LogP contribution < -0.4 is 10.6 Å². The summed E-state index contributed by atoms with van der Waals surface area (Å²) in [4.78, 5) is 23.7. The lowest BCUT2D eigenvalue weighted by atomic mass is 9.93. The summed E-state index contributed by atoms with van der Waals surface area (Å²) in [5, 5.41) is 34.0. The van der Waals surface area contributed by atoms with E-state index >= 15 is 0 Å². The third-order valence-corrected chi connectivity index (χ3v) is 3.71. The molecule has 2 aliphatic rings. The van der Waals surface area contributed by atoms with Gasteiger partial charge in [0.05, 0.1) is 24.8 Å². The number of carbonyl (C=O) groups excluding carboxylic acids is 2. The zero-order valence-electron chi connectivity index (χ0n) is 12.3. The summed E-state index contributed by atoms with van der Waals surface area (Å²) in [6, 6.07) is -1.55. The van der Waals surface area contributed by atoms with E-state index in [9.17, 15) is 19.8 Å². The number of aliphatic hydroxyl groups excluding tert-OH is 3. The highest BCUT2D eigenvalue weighted by Crippen LogP contribution is 2.29. The van der Waals surface area contributed by atoms with E-state index in [0.717, 1.165) is 0 Å². The van der Waals surface area contributed by atoms with Crippen LogP contribution in [0.5, 0.6) is 0 Å². The molecular weight excluding hydrogens is 296 g/mol. The van der Waals surface area contributed by atoms with Gasteiger partial charge in [-0.15, -0.1) is 0 Å². The number of rotatable bonds is 4. The molecule has 1 saturated heterocycles. The van der Waals surface area contributed by atoms with Crippen LogP contribution in [0.3, 0.4) is 0 Å². The molecule has 9 heteroatoms. The number of urea groups is 1. The fourth-order valence-corrected chi connectivity index (χ4v) is 2.66. The number of aliphatic hydroxyl groups is 3. The van der Waals surface area contributed by atoms with Crippen molar-refractivity contribution in [3.8, 4) is 0 Å². The quantitative estimate of drug-likeness (QED) is 0.378. The molecule has 5 atom stereocenters. The lowest BCUT2D eigenvalue weighted by Gasteiger charge is -2.32. The summed E-state index contributed by atoms with van der Waals surface area (Å²) < 4.78 is 10.4. The highest BCUT2D eigenvalue weighted by molar-refractivity contribution is 5.94. The highest BCUT2D eigenvalue weighted by Gasteiger charge is 2.49. The van der Waals surface area contributed by atoms with Gasteiger partial charge in [0.25, 0.3) is 0 Å². The van der Waals surface area contributed by atoms with Crippen LogP contribution >= 0.6 is 0 Å². The lowest BCUT2D eigenvalue weighted by Crippen LogP contribution is -2.57. The van der Waals surface area contributed by atoms with E-state index in [2.05, 4.69) is 10.6 Å². The molecule has 0 unspecified atom stereocenters. The highest BCUT2D eigenvalue weighted by atomic mass is 16.6. The van der Waals surface area contributed by atoms with Crippen molar-refractivity contribution >= 4 is 12.0 Å². The SMILES string of the molecule is CCOC(=O)C1=C(C)NC(=O)N[C@H]1[C@@H]1O[C@H](CO)[C@@H](O)[C@H]1O. The van der Waals surface area contributed by atoms with Crippen LogP contribution in [-0.2, 0) is 14.3 Å². The Morgan fingerprint density at radius 3 is 2.59 bits per heavy atom. The Balaban J connectivity index is 2.32. The summed E-state index contributed by atoms with van der Waals surface area (Å²) in [7, 11) is 0. The number of carbonyl (C=O) groups is 2. The smallest absolute Gasteiger partial charge is 0.337 e. The Morgan fingerprint density at radius 1 is 1.36 bits per heavy atom. The molecule has 0 aliphatic carbocycles. The molecule has 0 aromatic rings. The van der Waals surface area contributed by atoms with Crippen molar-refractivity contribution < 1.29 is 34.4 Å². The topological polar surface area (TPSA) is 137 Å². The van der Waals surface area contributed by atoms with Crippen LogP contribution in [0.25, 0.3) is 0 Å². The van der Waals surface area contributed by atoms with E-state index in [-0.39, 0.29) is 17.9 Å². The summed E-state index contributed by atoms with van der Waals surface area (Å²) in [6.45, 7) is 2.82. The minimum Gasteiger partial charge on any atom is -0.463 e. The first-order valence-electron chi connectivity index (χ1n) is 6.98. The average molecular weight is 316 g/mol. The number of allylic oxidation sites excluding steroid dienone is 1. The van der Waals surface area contributed by atoms with Gasteiger partial charge in [0.2, 0.25) is 0 Å². The molecule has 0 bridgehead atoms. The van der Waals surface area contributed by atoms with Crippen molar-refractivity contribution in [3.63, 3.8) is 0 Å². The van der Waals surface area contributed by atoms with Gasteiger partial charge in [-0.1, -0.05) is 0 Å². The fraction of sp³-hybridized carbons (Fsp3) is 0.692. The molecule has 0 saturated carbocycles. The van der Waals surface area contributed by atoms with Crippen molar-refractivity contribution in [1.29, 1.82) is 0 Å². The third kappa shape index (κ3) is 2.93. The van der Waals surface area contributed by atoms with E-state index in [1.165, 1.54) is 6.92 Å². The summed E-state index contributed by atoms with van der Waals surface area (Å²) >= 11 is 0. The fourth-order valence-electron chi connectivity index (χ4n) is 2.66. The number of nitrogens with one attached hydrogen (secondary N) is 2. The van der Waals surface area contributed by atoms with Crippen molar-refractivity contribution in [3.05, 3.63) is 11.3 Å². The second kappa shape index (κ2) is 6.61. The van der Waals surface area contributed by atoms with Gasteiger partial charge in [0.1, 0.15) is 24.4 Å². The molecule has 0 aromatic carbocycles. The largest absolute Gasteiger partial charge is 0.463 e. The van der Waals surface area contributed by atoms with Gasteiger partial charge in [-0.05, 0) is 13.8 Å². The molecule has 0 spiro atoms. The van der Waals surface area contributed by atoms with E-state index in [0.29, 0.717) is 0 Å². The monoisotopic (exact) mass is 316 g/mol. The molecule has 124 valence electrons. The number of esters is 1. The normalized spacial score (nSPS) is 35.1. The molecule has 2 amide bonds. The Kier molecular flexibility index (Phi) is 5.01. The maximum Gasteiger partial charge on any atom is 0.337 e. The predicted octanol–water partition coefficient (Wildman–Crippen LogP) is -2.01. The van der Waals surface area contributed by atoms with Gasteiger partial charge in [0.15, 0.2) is 0 Å². The van der Waals surface area contributed by atoms with E-state index in [1.807, 2.05) is 0 Å². The molecule has 0 aromatic heterocycles. The van der Waals surface area contributed by atoms with Crippen LogP contribution in [-0.4, -0.2) is 71.0 Å². The number of hydrogen-bond donors (Lipinski definition) is 5. The van der Waals surface area contributed by atoms with Gasteiger partial charge in [-0.2, -0.15) is 0 Å². The number of hydrogen-bond acceptors (Lipinski definition) is 7. The lowest BCUT2D eigenvalue weighted by molar-refractivity contribution is -0.139. The molecule has 0 radical (unpaired) electrons. The molecular formula is C13H20N2O7. The van der Waals surface area contributed by atoms with Gasteiger partial charge in [-0.25, -0.2) is 9.59 Å². The summed E-state index contributed by atoms with van der Waals surface area (Å²) in [6.07, 6.45) is -4.74. The number of amides is 2. The average Bonchev–Trinajstić information content (AvgIpc) is 2.74. The third-order valence-electron chi connectivity index (χ3n) is 3.71. The van der Waals surface area contributed by atoms with Crippen LogP contribution in [0.4, 0.5) is 4.79 Å². The Labute approximate surface area is 126 Å². The first kappa shape index (κ1) is 16.7. The van der Waals surface area contributed by atoms with Crippen molar-refractivity contribution in [2.75, 3.05) is 13.2 Å². The van der Waals surface area contributed by atoms with E-state index in [1.54, 1.807) is 6.92 Å². The minimum atomic E-state index is -1.36. The van der Waals surface area contributed by atoms with Gasteiger partial charge in [0, 0.05) is 5.70 Å². The van der Waals surface area contributed by atoms with E-state index in [4.69, 9.17) is 14.6 Å². The zero-order valence-corrected chi connectivity index (χ0v) is 12.3. The van der Waals surface area contributed by atoms with Gasteiger partial charge < -0.3 is 35.4 Å². The van der Waals surface area contributed by atoms with Gasteiger partial charge >= 0.3 is 12.0 Å². The molecule has 2 heterocycles. The maximum atomic E-state index is 12.1. The molecule has 2 rings (SSSR count). The maximum absolute atomic E-state index is 12.1. The number of ether oxygens (including phenoxy) is 2. The molecule has 9 nitrogen and oxygen atoms in total. The van der Waals surface area contributed by atoms with Crippen molar-refractivity contribution in [2.24, 2.45) is 0 Å². The van der Waals surface area contributed by atoms with Crippen LogP contribution in [0.1, 0.15) is 13.8 Å².